The van der Waals surface area contributed by atoms with E-state index in [2.05, 4.69) is 15.7 Å². The lowest BCUT2D eigenvalue weighted by Gasteiger charge is -2.40. The van der Waals surface area contributed by atoms with Crippen LogP contribution in [0.1, 0.15) is 44.6 Å². The molecule has 2 aromatic carbocycles. The summed E-state index contributed by atoms with van der Waals surface area (Å²) in [5, 5.41) is 10.1. The maximum absolute atomic E-state index is 13.2. The van der Waals surface area contributed by atoms with E-state index in [0.717, 1.165) is 16.7 Å². The third-order valence-corrected chi connectivity index (χ3v) is 6.94. The Bertz CT molecular complexity index is 1350. The Morgan fingerprint density at radius 1 is 1.00 bits per heavy atom. The van der Waals surface area contributed by atoms with Crippen LogP contribution in [-0.2, 0) is 24.3 Å². The van der Waals surface area contributed by atoms with Crippen LogP contribution in [0.4, 0.5) is 0 Å². The molecule has 38 heavy (non-hydrogen) atoms. The van der Waals surface area contributed by atoms with E-state index in [1.54, 1.807) is 28.2 Å². The molecular formula is C28H33N5O5. The van der Waals surface area contributed by atoms with Gasteiger partial charge in [0.2, 0.25) is 5.91 Å². The molecule has 0 saturated carbocycles. The smallest absolute Gasteiger partial charge is 0.272 e. The van der Waals surface area contributed by atoms with E-state index >= 15 is 0 Å². The van der Waals surface area contributed by atoms with Crippen LogP contribution in [0.2, 0.25) is 0 Å². The van der Waals surface area contributed by atoms with Gasteiger partial charge in [0.15, 0.2) is 17.2 Å². The van der Waals surface area contributed by atoms with Crippen LogP contribution in [0, 0.1) is 6.92 Å². The molecule has 1 aromatic heterocycles. The summed E-state index contributed by atoms with van der Waals surface area (Å²) in [6, 6.07) is 14.9. The number of fused-ring (bicyclic) bond motifs is 1. The van der Waals surface area contributed by atoms with E-state index in [4.69, 9.17) is 9.47 Å². The Morgan fingerprint density at radius 3 is 2.37 bits per heavy atom. The summed E-state index contributed by atoms with van der Waals surface area (Å²) in [5.41, 5.74) is 2.29. The van der Waals surface area contributed by atoms with Crippen molar-refractivity contribution in [3.05, 3.63) is 76.6 Å². The monoisotopic (exact) mass is 519 g/mol. The molecule has 1 unspecified atom stereocenters. The molecular weight excluding hydrogens is 486 g/mol. The fourth-order valence-corrected chi connectivity index (χ4v) is 4.36. The minimum atomic E-state index is -1.16. The Kier molecular flexibility index (Phi) is 7.70. The number of aryl methyl sites for hydroxylation is 1. The number of amides is 3. The van der Waals surface area contributed by atoms with Crippen molar-refractivity contribution < 1.29 is 23.9 Å². The Labute approximate surface area is 221 Å². The first-order chi connectivity index (χ1) is 18.2. The van der Waals surface area contributed by atoms with Crippen LogP contribution in [0.3, 0.4) is 0 Å². The van der Waals surface area contributed by atoms with E-state index in [1.807, 2.05) is 49.4 Å². The molecule has 1 aliphatic heterocycles. The van der Waals surface area contributed by atoms with Crippen molar-refractivity contribution in [2.75, 3.05) is 27.8 Å². The molecule has 0 fully saturated rings. The van der Waals surface area contributed by atoms with Crippen molar-refractivity contribution in [2.24, 2.45) is 0 Å². The number of nitrogens with one attached hydrogen (secondary N) is 2. The summed E-state index contributed by atoms with van der Waals surface area (Å²) in [6.07, 6.45) is 0.570. The van der Waals surface area contributed by atoms with E-state index < -0.39 is 11.4 Å². The normalized spacial score (nSPS) is 16.6. The maximum atomic E-state index is 13.2. The second-order valence-corrected chi connectivity index (χ2v) is 9.57. The van der Waals surface area contributed by atoms with Crippen LogP contribution >= 0.6 is 0 Å². The van der Waals surface area contributed by atoms with Gasteiger partial charge in [-0.05, 0) is 43.5 Å². The number of likely N-dealkylation sites (N-methyl/N-ethyl adjacent to an activating group) is 1. The maximum Gasteiger partial charge on any atom is 0.272 e. The molecule has 0 bridgehead atoms. The number of carbonyl (C=O) groups excluding carboxylic acids is 3. The average Bonchev–Trinajstić information content (AvgIpc) is 3.35. The number of ether oxygens (including phenoxy) is 2. The first kappa shape index (κ1) is 26.7. The number of nitrogens with zero attached hydrogens (tertiary/aromatic N) is 3. The Balaban J connectivity index is 1.40. The first-order valence-electron chi connectivity index (χ1n) is 12.3. The van der Waals surface area contributed by atoms with Crippen molar-refractivity contribution in [1.82, 2.24) is 25.3 Å². The second kappa shape index (κ2) is 11.0. The lowest BCUT2D eigenvalue weighted by Crippen LogP contribution is -2.62. The highest BCUT2D eigenvalue weighted by molar-refractivity contribution is 6.01. The summed E-state index contributed by atoms with van der Waals surface area (Å²) in [4.78, 5) is 40.5. The van der Waals surface area contributed by atoms with Gasteiger partial charge in [-0.1, -0.05) is 35.9 Å². The molecule has 10 nitrogen and oxygen atoms in total. The van der Waals surface area contributed by atoms with Crippen LogP contribution in [0.15, 0.2) is 48.5 Å². The van der Waals surface area contributed by atoms with Gasteiger partial charge < -0.3 is 25.0 Å². The van der Waals surface area contributed by atoms with Gasteiger partial charge >= 0.3 is 0 Å². The molecule has 0 saturated heterocycles. The topological polar surface area (TPSA) is 115 Å². The molecule has 3 amide bonds. The van der Waals surface area contributed by atoms with Crippen LogP contribution in [-0.4, -0.2) is 65.8 Å². The zero-order chi connectivity index (χ0) is 27.4. The molecule has 0 radical (unpaired) electrons. The number of carbonyl (C=O) groups is 3. The van der Waals surface area contributed by atoms with E-state index in [-0.39, 0.29) is 29.7 Å². The number of aromatic nitrogens is 2. The van der Waals surface area contributed by atoms with Crippen LogP contribution in [0.5, 0.6) is 11.5 Å². The molecule has 4 rings (SSSR count). The molecule has 2 N–H and O–H groups in total. The highest BCUT2D eigenvalue weighted by Gasteiger charge is 2.46. The minimum absolute atomic E-state index is 0.123. The van der Waals surface area contributed by atoms with E-state index in [9.17, 15) is 14.4 Å². The standard InChI is InChI=1S/C28H33N5O5/c1-18-6-8-20(9-7-18)16-30-27(36)28(2)17-33-22(26(35)32(28)3)15-21(31-33)25(34)29-13-12-19-10-11-23(37-4)24(14-19)38-5/h6-11,14-15H,12-13,16-17H2,1-5H3,(H,29,34)(H,30,36). The van der Waals surface area contributed by atoms with Gasteiger partial charge in [-0.15, -0.1) is 0 Å². The molecule has 1 atom stereocenters. The molecule has 3 aromatic rings. The second-order valence-electron chi connectivity index (χ2n) is 9.57. The van der Waals surface area contributed by atoms with E-state index in [0.29, 0.717) is 31.0 Å². The summed E-state index contributed by atoms with van der Waals surface area (Å²) in [5.74, 6) is 0.187. The summed E-state index contributed by atoms with van der Waals surface area (Å²) in [6.45, 7) is 4.53. The van der Waals surface area contributed by atoms with Gasteiger partial charge in [0.05, 0.1) is 20.8 Å². The number of methoxy groups -OCH3 is 2. The van der Waals surface area contributed by atoms with Crippen molar-refractivity contribution in [1.29, 1.82) is 0 Å². The van der Waals surface area contributed by atoms with Crippen LogP contribution < -0.4 is 20.1 Å². The molecule has 0 spiro atoms. The van der Waals surface area contributed by atoms with Gasteiger partial charge in [0.1, 0.15) is 11.2 Å². The number of hydrogen-bond acceptors (Lipinski definition) is 6. The summed E-state index contributed by atoms with van der Waals surface area (Å²) in [7, 11) is 4.74. The van der Waals surface area contributed by atoms with Gasteiger partial charge in [0, 0.05) is 26.2 Å². The Hall–Kier alpha value is -4.34. The fraction of sp³-hybridized carbons (Fsp3) is 0.357. The molecule has 2 heterocycles. The minimum Gasteiger partial charge on any atom is -0.493 e. The third kappa shape index (κ3) is 5.34. The average molecular weight is 520 g/mol. The predicted octanol–water partition coefficient (Wildman–Crippen LogP) is 2.34. The van der Waals surface area contributed by atoms with E-state index in [1.165, 1.54) is 15.6 Å². The third-order valence-electron chi connectivity index (χ3n) is 6.94. The van der Waals surface area contributed by atoms with Gasteiger partial charge in [0.25, 0.3) is 11.8 Å². The fourth-order valence-electron chi connectivity index (χ4n) is 4.36. The summed E-state index contributed by atoms with van der Waals surface area (Å²) < 4.78 is 12.0. The number of rotatable bonds is 9. The highest BCUT2D eigenvalue weighted by atomic mass is 16.5. The Morgan fingerprint density at radius 2 is 1.68 bits per heavy atom. The van der Waals surface area contributed by atoms with Gasteiger partial charge in [-0.25, -0.2) is 0 Å². The lowest BCUT2D eigenvalue weighted by molar-refractivity contribution is -0.132. The van der Waals surface area contributed by atoms with Crippen molar-refractivity contribution in [3.63, 3.8) is 0 Å². The van der Waals surface area contributed by atoms with Crippen molar-refractivity contribution in [2.45, 2.75) is 38.9 Å². The SMILES string of the molecule is COc1ccc(CCNC(=O)c2cc3n(n2)CC(C)(C(=O)NCc2ccc(C)cc2)N(C)C3=O)cc1OC. The molecule has 1 aliphatic rings. The van der Waals surface area contributed by atoms with Crippen molar-refractivity contribution >= 4 is 17.7 Å². The molecule has 0 aliphatic carbocycles. The zero-order valence-electron chi connectivity index (χ0n) is 22.3. The van der Waals surface area contributed by atoms with Gasteiger partial charge in [-0.2, -0.15) is 5.10 Å². The zero-order valence-corrected chi connectivity index (χ0v) is 22.3. The van der Waals surface area contributed by atoms with Crippen molar-refractivity contribution in [3.8, 4) is 11.5 Å². The highest BCUT2D eigenvalue weighted by Crippen LogP contribution is 2.28. The number of hydrogen-bond donors (Lipinski definition) is 2. The molecule has 200 valence electrons. The van der Waals surface area contributed by atoms with Gasteiger partial charge in [-0.3, -0.25) is 19.1 Å². The van der Waals surface area contributed by atoms with Crippen LogP contribution in [0.25, 0.3) is 0 Å². The lowest BCUT2D eigenvalue weighted by atomic mass is 9.95. The molecule has 10 heteroatoms. The summed E-state index contributed by atoms with van der Waals surface area (Å²) >= 11 is 0. The quantitative estimate of drug-likeness (QED) is 0.449. The largest absolute Gasteiger partial charge is 0.493 e. The number of benzene rings is 2. The first-order valence-corrected chi connectivity index (χ1v) is 12.3. The predicted molar refractivity (Wildman–Crippen MR) is 141 cm³/mol.